The first kappa shape index (κ1) is 46.2. The Labute approximate surface area is 460 Å². The molecule has 15 aromatic rings. The van der Waals surface area contributed by atoms with Crippen molar-refractivity contribution in [2.45, 2.75) is 0 Å². The van der Waals surface area contributed by atoms with E-state index in [0.29, 0.717) is 5.69 Å². The van der Waals surface area contributed by atoms with E-state index in [-0.39, 0.29) is 5.82 Å². The van der Waals surface area contributed by atoms with Crippen molar-refractivity contribution in [3.05, 3.63) is 291 Å². The van der Waals surface area contributed by atoms with E-state index in [4.69, 9.17) is 4.42 Å². The minimum Gasteiger partial charge on any atom is -0.454 e. The van der Waals surface area contributed by atoms with Gasteiger partial charge in [-0.2, -0.15) is 0 Å². The summed E-state index contributed by atoms with van der Waals surface area (Å²) in [6, 6.07) is 99.4. The molecule has 0 amide bonds. The average Bonchev–Trinajstić information content (AvgIpc) is 4.32. The van der Waals surface area contributed by atoms with Crippen LogP contribution in [0, 0.1) is 5.82 Å². The van der Waals surface area contributed by atoms with E-state index in [1.807, 2.05) is 78.1 Å². The summed E-state index contributed by atoms with van der Waals surface area (Å²) in [5.41, 5.74) is 14.7. The fourth-order valence-corrected chi connectivity index (χ4v) is 13.2. The number of hydrogen-bond donors (Lipinski definition) is 0. The molecule has 0 N–H and O–H groups in total. The Morgan fingerprint density at radius 1 is 0.316 bits per heavy atom. The summed E-state index contributed by atoms with van der Waals surface area (Å²) in [6.45, 7) is 0. The maximum absolute atomic E-state index is 18.0. The van der Waals surface area contributed by atoms with Gasteiger partial charge in [-0.3, -0.25) is 0 Å². The molecule has 0 aliphatic rings. The highest BCUT2D eigenvalue weighted by Gasteiger charge is 2.28. The number of halogens is 1. The van der Waals surface area contributed by atoms with Gasteiger partial charge in [0.2, 0.25) is 0 Å². The third-order valence-electron chi connectivity index (χ3n) is 15.5. The van der Waals surface area contributed by atoms with Crippen LogP contribution in [-0.2, 0) is 0 Å². The molecular weight excluding hydrogens is 984 g/mol. The van der Waals surface area contributed by atoms with Gasteiger partial charge in [-0.15, -0.1) is 11.3 Å². The lowest BCUT2D eigenvalue weighted by molar-refractivity contribution is 0.630. The number of rotatable bonds is 10. The van der Waals surface area contributed by atoms with Crippen molar-refractivity contribution >= 4 is 109 Å². The Balaban J connectivity index is 0.964. The van der Waals surface area contributed by atoms with Crippen molar-refractivity contribution in [1.29, 1.82) is 0 Å². The fourth-order valence-electron chi connectivity index (χ4n) is 11.9. The molecule has 15 rings (SSSR count). The smallest absolute Gasteiger partial charge is 0.159 e. The number of thiophene rings is 1. The summed E-state index contributed by atoms with van der Waals surface area (Å²) in [5, 5.41) is 9.09. The first-order valence-corrected chi connectivity index (χ1v) is 27.5. The third-order valence-corrected chi connectivity index (χ3v) is 16.7. The van der Waals surface area contributed by atoms with Crippen LogP contribution < -0.4 is 9.80 Å². The monoisotopic (exact) mass is 1030 g/mol. The van der Waals surface area contributed by atoms with Gasteiger partial charge in [0.05, 0.1) is 22.7 Å². The Hall–Kier alpha value is -10.1. The lowest BCUT2D eigenvalue weighted by Crippen LogP contribution is -2.14. The first-order chi connectivity index (χ1) is 39.1. The second-order valence-corrected chi connectivity index (χ2v) is 21.1. The number of furan rings is 1. The van der Waals surface area contributed by atoms with Gasteiger partial charge in [0.1, 0.15) is 11.4 Å². The Kier molecular flexibility index (Phi) is 11.2. The van der Waals surface area contributed by atoms with Gasteiger partial charge in [-0.05, 0) is 105 Å². The highest BCUT2D eigenvalue weighted by Crippen LogP contribution is 2.52. The van der Waals surface area contributed by atoms with Gasteiger partial charge in [0.25, 0.3) is 0 Å². The summed E-state index contributed by atoms with van der Waals surface area (Å²) < 4.78 is 27.2. The second-order valence-electron chi connectivity index (χ2n) is 20.0. The van der Waals surface area contributed by atoms with Crippen molar-refractivity contribution in [3.63, 3.8) is 0 Å². The second kappa shape index (κ2) is 19.2. The molecule has 0 saturated heterocycles. The number of fused-ring (bicyclic) bond motifs is 11. The van der Waals surface area contributed by atoms with E-state index < -0.39 is 0 Å². The number of nitrogens with zero attached hydrogens (tertiary/aromatic N) is 2. The molecule has 0 radical (unpaired) electrons. The summed E-state index contributed by atoms with van der Waals surface area (Å²) in [6.07, 6.45) is 0. The van der Waals surface area contributed by atoms with Crippen LogP contribution in [0.25, 0.3) is 108 Å². The van der Waals surface area contributed by atoms with E-state index in [9.17, 15) is 0 Å². The van der Waals surface area contributed by atoms with Crippen molar-refractivity contribution in [2.75, 3.05) is 9.80 Å². The van der Waals surface area contributed by atoms with Crippen molar-refractivity contribution in [2.24, 2.45) is 0 Å². The highest BCUT2D eigenvalue weighted by atomic mass is 32.1. The van der Waals surface area contributed by atoms with Crippen molar-refractivity contribution in [3.8, 4) is 44.5 Å². The molecule has 0 atom stereocenters. The number of hydrogen-bond acceptors (Lipinski definition) is 4. The molecule has 372 valence electrons. The van der Waals surface area contributed by atoms with E-state index in [0.717, 1.165) is 111 Å². The van der Waals surface area contributed by atoms with Crippen LogP contribution in [-0.4, -0.2) is 0 Å². The zero-order valence-corrected chi connectivity index (χ0v) is 43.5. The van der Waals surface area contributed by atoms with Gasteiger partial charge in [-0.25, -0.2) is 4.39 Å². The van der Waals surface area contributed by atoms with Crippen LogP contribution in [0.2, 0.25) is 0 Å². The average molecular weight is 1030 g/mol. The van der Waals surface area contributed by atoms with Gasteiger partial charge < -0.3 is 14.2 Å². The Morgan fingerprint density at radius 3 is 1.49 bits per heavy atom. The van der Waals surface area contributed by atoms with Gasteiger partial charge in [-0.1, -0.05) is 224 Å². The zero-order valence-electron chi connectivity index (χ0n) is 42.7. The highest BCUT2D eigenvalue weighted by molar-refractivity contribution is 7.27. The molecule has 13 aromatic carbocycles. The largest absolute Gasteiger partial charge is 0.454 e. The van der Waals surface area contributed by atoms with Gasteiger partial charge >= 0.3 is 0 Å². The lowest BCUT2D eigenvalue weighted by Gasteiger charge is -2.31. The van der Waals surface area contributed by atoms with Crippen LogP contribution >= 0.6 is 11.3 Å². The van der Waals surface area contributed by atoms with Crippen molar-refractivity contribution in [1.82, 2.24) is 0 Å². The summed E-state index contributed by atoms with van der Waals surface area (Å²) in [5.74, 6) is -0.319. The molecule has 2 heterocycles. The number of anilines is 6. The van der Waals surface area contributed by atoms with Crippen LogP contribution in [0.1, 0.15) is 0 Å². The molecule has 0 spiro atoms. The minimum absolute atomic E-state index is 0.319. The van der Waals surface area contributed by atoms with Crippen LogP contribution in [0.4, 0.5) is 38.5 Å². The molecule has 0 unspecified atom stereocenters. The minimum atomic E-state index is -0.319. The van der Waals surface area contributed by atoms with Crippen LogP contribution in [0.15, 0.2) is 290 Å². The maximum Gasteiger partial charge on any atom is 0.159 e. The van der Waals surface area contributed by atoms with E-state index in [2.05, 4.69) is 222 Å². The Morgan fingerprint density at radius 2 is 0.823 bits per heavy atom. The molecule has 0 bridgehead atoms. The molecule has 0 aliphatic heterocycles. The van der Waals surface area contributed by atoms with Gasteiger partial charge in [0.15, 0.2) is 5.58 Å². The van der Waals surface area contributed by atoms with Crippen molar-refractivity contribution < 1.29 is 8.81 Å². The van der Waals surface area contributed by atoms with Gasteiger partial charge in [0, 0.05) is 64.4 Å². The SMILES string of the molecule is Fc1cc(-c2ccccc2)cc(-c2ccccc2)c1N(c1ccc2c(c1)c1ccccc1c1c3ccc(N(c4ccccc4-c4ccccc4)c4cccc5c4oc4ccccc45)cc3sc21)c1ccccc1-c1ccccc1. The van der Waals surface area contributed by atoms with Crippen LogP contribution in [0.5, 0.6) is 0 Å². The summed E-state index contributed by atoms with van der Waals surface area (Å²) in [4.78, 5) is 4.52. The molecule has 0 fully saturated rings. The Bertz CT molecular complexity index is 4800. The first-order valence-electron chi connectivity index (χ1n) is 26.7. The van der Waals surface area contributed by atoms with E-state index in [1.165, 1.54) is 25.6 Å². The lowest BCUT2D eigenvalue weighted by atomic mass is 9.94. The standard InChI is InChI=1S/C74H47FN2OS/c75-65-45-52(48-22-5-1-6-23-48)44-63(51-28-11-4-12-29-51)72(65)77(67-37-19-16-31-56(67)50-26-9-3-10-27-50)53-40-42-61-64(46-53)57-32-13-14-34-59(57)71-62-43-41-54(47-70(62)79-74(61)71)76(66-36-18-15-30-55(66)49-24-7-2-8-25-49)68-38-21-35-60-58-33-17-20-39-69(58)78-73(60)68/h1-47H. The molecule has 0 aliphatic carbocycles. The topological polar surface area (TPSA) is 19.6 Å². The molecule has 2 aromatic heterocycles. The molecular formula is C74H47FN2OS. The predicted octanol–water partition coefficient (Wildman–Crippen LogP) is 22.0. The predicted molar refractivity (Wildman–Crippen MR) is 333 cm³/mol. The van der Waals surface area contributed by atoms with Crippen LogP contribution in [0.3, 0.4) is 0 Å². The number of para-hydroxylation sites is 4. The quantitative estimate of drug-likeness (QED) is 0.127. The maximum atomic E-state index is 18.0. The molecule has 0 saturated carbocycles. The third kappa shape index (κ3) is 7.85. The summed E-state index contributed by atoms with van der Waals surface area (Å²) in [7, 11) is 0. The molecule has 79 heavy (non-hydrogen) atoms. The molecule has 5 heteroatoms. The normalized spacial score (nSPS) is 11.6. The van der Waals surface area contributed by atoms with E-state index >= 15 is 4.39 Å². The number of benzene rings is 13. The summed E-state index contributed by atoms with van der Waals surface area (Å²) >= 11 is 1.82. The zero-order chi connectivity index (χ0) is 52.4. The van der Waals surface area contributed by atoms with E-state index in [1.54, 1.807) is 6.07 Å². The fraction of sp³-hybridized carbons (Fsp3) is 0. The molecule has 3 nitrogen and oxygen atoms in total.